The molecule has 0 bridgehead atoms. The van der Waals surface area contributed by atoms with Crippen LogP contribution in [0, 0.1) is 13.8 Å². The predicted molar refractivity (Wildman–Crippen MR) is 143 cm³/mol. The monoisotopic (exact) mass is 520 g/mol. The molecule has 1 aliphatic heterocycles. The number of sulfonamides is 1. The number of ether oxygens (including phenoxy) is 1. The lowest BCUT2D eigenvalue weighted by Gasteiger charge is -2.20. The number of amides is 1. The Kier molecular flexibility index (Phi) is 8.41. The molecule has 8 heteroatoms. The molecule has 3 aromatic carbocycles. The van der Waals surface area contributed by atoms with Gasteiger partial charge in [0.1, 0.15) is 0 Å². The molecule has 37 heavy (non-hydrogen) atoms. The van der Waals surface area contributed by atoms with Crippen molar-refractivity contribution in [3.05, 3.63) is 95.1 Å². The predicted octanol–water partition coefficient (Wildman–Crippen LogP) is 5.40. The normalized spacial score (nSPS) is 15.4. The van der Waals surface area contributed by atoms with Gasteiger partial charge in [-0.2, -0.15) is 4.31 Å². The van der Waals surface area contributed by atoms with Crippen LogP contribution in [0.4, 0.5) is 5.69 Å². The van der Waals surface area contributed by atoms with E-state index in [9.17, 15) is 18.0 Å². The molecule has 194 valence electrons. The molecule has 1 aliphatic rings. The molecule has 1 amide bonds. The van der Waals surface area contributed by atoms with Crippen molar-refractivity contribution in [3.8, 4) is 0 Å². The minimum atomic E-state index is -3.63. The maximum Gasteiger partial charge on any atom is 0.339 e. The van der Waals surface area contributed by atoms with Crippen molar-refractivity contribution in [1.29, 1.82) is 0 Å². The fourth-order valence-corrected chi connectivity index (χ4v) is 5.86. The number of hydrogen-bond donors (Lipinski definition) is 1. The standard InChI is InChI=1S/C29H32N2O5S/c1-21-12-13-22(2)26(20-21)30-28(32)27(23-10-6-5-7-11-23)36-29(33)24-14-16-25(17-15-24)37(34,35)31-18-8-3-4-9-19-31/h5-7,10-17,20,27H,3-4,8-9,18-19H2,1-2H3,(H,30,32). The van der Waals surface area contributed by atoms with Crippen molar-refractivity contribution in [3.63, 3.8) is 0 Å². The summed E-state index contributed by atoms with van der Waals surface area (Å²) in [6.45, 7) is 4.82. The van der Waals surface area contributed by atoms with Gasteiger partial charge in [-0.15, -0.1) is 0 Å². The third kappa shape index (κ3) is 6.45. The Hall–Kier alpha value is -3.49. The Morgan fingerprint density at radius 3 is 2.16 bits per heavy atom. The molecule has 1 unspecified atom stereocenters. The number of rotatable bonds is 7. The van der Waals surface area contributed by atoms with E-state index in [0.29, 0.717) is 24.3 Å². The molecule has 1 atom stereocenters. The van der Waals surface area contributed by atoms with Gasteiger partial charge in [-0.1, -0.05) is 55.3 Å². The average Bonchev–Trinajstić information content (AvgIpc) is 3.20. The summed E-state index contributed by atoms with van der Waals surface area (Å²) >= 11 is 0. The summed E-state index contributed by atoms with van der Waals surface area (Å²) in [4.78, 5) is 26.4. The Bertz CT molecular complexity index is 1350. The minimum Gasteiger partial charge on any atom is -0.444 e. The van der Waals surface area contributed by atoms with E-state index in [0.717, 1.165) is 36.8 Å². The molecular formula is C29H32N2O5S. The van der Waals surface area contributed by atoms with Crippen LogP contribution in [-0.2, 0) is 19.6 Å². The van der Waals surface area contributed by atoms with Gasteiger partial charge in [0.15, 0.2) is 0 Å². The molecule has 0 aliphatic carbocycles. The molecule has 1 saturated heterocycles. The molecule has 0 aromatic heterocycles. The molecule has 7 nitrogen and oxygen atoms in total. The second kappa shape index (κ2) is 11.7. The molecule has 0 spiro atoms. The van der Waals surface area contributed by atoms with Crippen molar-refractivity contribution in [1.82, 2.24) is 4.31 Å². The van der Waals surface area contributed by atoms with Crippen LogP contribution < -0.4 is 5.32 Å². The quantitative estimate of drug-likeness (QED) is 0.421. The average molecular weight is 521 g/mol. The maximum absolute atomic E-state index is 13.3. The smallest absolute Gasteiger partial charge is 0.339 e. The highest BCUT2D eigenvalue weighted by molar-refractivity contribution is 7.89. The number of carbonyl (C=O) groups excluding carboxylic acids is 2. The number of aryl methyl sites for hydroxylation is 2. The zero-order valence-electron chi connectivity index (χ0n) is 21.1. The van der Waals surface area contributed by atoms with Gasteiger partial charge >= 0.3 is 5.97 Å². The second-order valence-electron chi connectivity index (χ2n) is 9.35. The van der Waals surface area contributed by atoms with Crippen LogP contribution in [0.1, 0.15) is 58.8 Å². The van der Waals surface area contributed by atoms with Gasteiger partial charge in [-0.3, -0.25) is 4.79 Å². The summed E-state index contributed by atoms with van der Waals surface area (Å²) in [6, 6.07) is 20.2. The van der Waals surface area contributed by atoms with Gasteiger partial charge in [0.05, 0.1) is 10.5 Å². The number of carbonyl (C=O) groups is 2. The van der Waals surface area contributed by atoms with Crippen LogP contribution in [0.5, 0.6) is 0 Å². The summed E-state index contributed by atoms with van der Waals surface area (Å²) < 4.78 is 33.3. The Morgan fingerprint density at radius 2 is 1.51 bits per heavy atom. The van der Waals surface area contributed by atoms with Crippen molar-refractivity contribution in [2.24, 2.45) is 0 Å². The van der Waals surface area contributed by atoms with Gasteiger partial charge in [0, 0.05) is 24.3 Å². The van der Waals surface area contributed by atoms with E-state index < -0.39 is 28.0 Å². The number of esters is 1. The lowest BCUT2D eigenvalue weighted by atomic mass is 10.1. The molecule has 1 N–H and O–H groups in total. The van der Waals surface area contributed by atoms with Crippen LogP contribution in [0.3, 0.4) is 0 Å². The van der Waals surface area contributed by atoms with Crippen molar-refractivity contribution in [2.45, 2.75) is 50.5 Å². The van der Waals surface area contributed by atoms with Crippen LogP contribution in [0.25, 0.3) is 0 Å². The number of anilines is 1. The van der Waals surface area contributed by atoms with E-state index in [2.05, 4.69) is 5.32 Å². The Labute approximate surface area is 218 Å². The van der Waals surface area contributed by atoms with Gasteiger partial charge in [0.2, 0.25) is 16.1 Å². The number of nitrogens with zero attached hydrogens (tertiary/aromatic N) is 1. The zero-order chi connectivity index (χ0) is 26.4. The maximum atomic E-state index is 13.3. The Morgan fingerprint density at radius 1 is 0.865 bits per heavy atom. The van der Waals surface area contributed by atoms with Gasteiger partial charge in [0.25, 0.3) is 5.91 Å². The minimum absolute atomic E-state index is 0.137. The molecular weight excluding hydrogens is 488 g/mol. The number of nitrogens with one attached hydrogen (secondary N) is 1. The summed E-state index contributed by atoms with van der Waals surface area (Å²) in [5.41, 5.74) is 3.21. The summed E-state index contributed by atoms with van der Waals surface area (Å²) in [5, 5.41) is 2.88. The first-order valence-corrected chi connectivity index (χ1v) is 13.9. The second-order valence-corrected chi connectivity index (χ2v) is 11.3. The molecule has 1 fully saturated rings. The van der Waals surface area contributed by atoms with Crippen LogP contribution in [-0.4, -0.2) is 37.7 Å². The third-order valence-corrected chi connectivity index (χ3v) is 8.42. The molecule has 1 heterocycles. The summed E-state index contributed by atoms with van der Waals surface area (Å²) in [5.74, 6) is -1.20. The van der Waals surface area contributed by atoms with Crippen LogP contribution in [0.2, 0.25) is 0 Å². The topological polar surface area (TPSA) is 92.8 Å². The van der Waals surface area contributed by atoms with E-state index in [1.807, 2.05) is 38.1 Å². The third-order valence-electron chi connectivity index (χ3n) is 6.51. The molecule has 0 radical (unpaired) electrons. The first-order chi connectivity index (χ1) is 17.8. The van der Waals surface area contributed by atoms with E-state index in [1.54, 1.807) is 24.3 Å². The van der Waals surface area contributed by atoms with Crippen molar-refractivity contribution < 1.29 is 22.7 Å². The van der Waals surface area contributed by atoms with Crippen LogP contribution in [0.15, 0.2) is 77.7 Å². The van der Waals surface area contributed by atoms with E-state index >= 15 is 0 Å². The lowest BCUT2D eigenvalue weighted by molar-refractivity contribution is -0.125. The lowest BCUT2D eigenvalue weighted by Crippen LogP contribution is -2.32. The Balaban J connectivity index is 1.53. The number of benzene rings is 3. The largest absolute Gasteiger partial charge is 0.444 e. The van der Waals surface area contributed by atoms with Crippen molar-refractivity contribution in [2.75, 3.05) is 18.4 Å². The highest BCUT2D eigenvalue weighted by atomic mass is 32.2. The van der Waals surface area contributed by atoms with Gasteiger partial charge in [-0.05, 0) is 68.1 Å². The highest BCUT2D eigenvalue weighted by Crippen LogP contribution is 2.25. The summed E-state index contributed by atoms with van der Waals surface area (Å²) in [6.07, 6.45) is 2.55. The van der Waals surface area contributed by atoms with Crippen molar-refractivity contribution >= 4 is 27.6 Å². The fraction of sp³-hybridized carbons (Fsp3) is 0.310. The summed E-state index contributed by atoms with van der Waals surface area (Å²) in [7, 11) is -3.63. The first-order valence-electron chi connectivity index (χ1n) is 12.5. The molecule has 3 aromatic rings. The SMILES string of the molecule is Cc1ccc(C)c(NC(=O)C(OC(=O)c2ccc(S(=O)(=O)N3CCCCCC3)cc2)c2ccccc2)c1. The zero-order valence-corrected chi connectivity index (χ0v) is 22.0. The highest BCUT2D eigenvalue weighted by Gasteiger charge is 2.28. The van der Waals surface area contributed by atoms with E-state index in [1.165, 1.54) is 28.6 Å². The number of hydrogen-bond acceptors (Lipinski definition) is 5. The van der Waals surface area contributed by atoms with E-state index in [4.69, 9.17) is 4.74 Å². The van der Waals surface area contributed by atoms with Gasteiger partial charge in [-0.25, -0.2) is 13.2 Å². The van der Waals surface area contributed by atoms with Crippen LogP contribution >= 0.6 is 0 Å². The fourth-order valence-electron chi connectivity index (χ4n) is 4.34. The van der Waals surface area contributed by atoms with E-state index in [-0.39, 0.29) is 10.5 Å². The molecule has 4 rings (SSSR count). The van der Waals surface area contributed by atoms with Gasteiger partial charge < -0.3 is 10.1 Å². The molecule has 0 saturated carbocycles. The first kappa shape index (κ1) is 26.6.